The summed E-state index contributed by atoms with van der Waals surface area (Å²) in [6.07, 6.45) is 24.4. The van der Waals surface area contributed by atoms with Crippen LogP contribution in [0.1, 0.15) is 181 Å². The van der Waals surface area contributed by atoms with E-state index in [2.05, 4.69) is 16.0 Å². The van der Waals surface area contributed by atoms with E-state index < -0.39 is 29.9 Å². The number of carboxylic acids is 3. The fourth-order valence-corrected chi connectivity index (χ4v) is 6.79. The number of nitrogens with one attached hydrogen (secondary N) is 3. The zero-order valence-corrected chi connectivity index (χ0v) is 40.4. The van der Waals surface area contributed by atoms with Crippen LogP contribution in [0.15, 0.2) is 0 Å². The number of carbonyl (C=O) groups excluding carboxylic acids is 4. The molecule has 17 heteroatoms. The van der Waals surface area contributed by atoms with Crippen molar-refractivity contribution in [2.45, 2.75) is 187 Å². The van der Waals surface area contributed by atoms with Gasteiger partial charge in [-0.25, -0.2) is 0 Å². The molecule has 0 aliphatic heterocycles. The zero-order valence-electron chi connectivity index (χ0n) is 40.4. The van der Waals surface area contributed by atoms with Crippen LogP contribution < -0.4 is 16.0 Å². The summed E-state index contributed by atoms with van der Waals surface area (Å²) in [4.78, 5) is 78.4. The molecule has 0 rings (SSSR count). The summed E-state index contributed by atoms with van der Waals surface area (Å²) in [5.74, 6) is -3.12. The maximum absolute atomic E-state index is 11.9. The summed E-state index contributed by atoms with van der Waals surface area (Å²) in [7, 11) is 1.61. The second-order valence-electron chi connectivity index (χ2n) is 16.6. The molecule has 65 heavy (non-hydrogen) atoms. The average molecular weight is 932 g/mol. The van der Waals surface area contributed by atoms with Crippen molar-refractivity contribution >= 4 is 41.3 Å². The Hall–Kier alpha value is -3.51. The maximum atomic E-state index is 11.9. The Labute approximate surface area is 390 Å². The lowest BCUT2D eigenvalue weighted by molar-refractivity contribution is -0.144. The quantitative estimate of drug-likeness (QED) is 0.0334. The summed E-state index contributed by atoms with van der Waals surface area (Å²) in [6.45, 7) is 6.36. The molecule has 380 valence electrons. The number of amides is 2. The molecule has 0 saturated carbocycles. The Morgan fingerprint density at radius 1 is 0.477 bits per heavy atom. The predicted molar refractivity (Wildman–Crippen MR) is 250 cm³/mol. The molecule has 17 nitrogen and oxygen atoms in total. The lowest BCUT2D eigenvalue weighted by Crippen LogP contribution is -2.34. The molecule has 0 spiro atoms. The van der Waals surface area contributed by atoms with Crippen LogP contribution in [0.2, 0.25) is 0 Å². The molecule has 2 amide bonds. The molecular weight excluding hydrogens is 843 g/mol. The van der Waals surface area contributed by atoms with Crippen molar-refractivity contribution < 1.29 is 67.8 Å². The van der Waals surface area contributed by atoms with Crippen LogP contribution in [0.25, 0.3) is 0 Å². The first-order chi connectivity index (χ1) is 31.3. The second kappa shape index (κ2) is 48.4. The summed E-state index contributed by atoms with van der Waals surface area (Å²) in [5.41, 5.74) is 0. The fraction of sp³-hybridized carbons (Fsp3) is 0.854. The Balaban J connectivity index is 0. The van der Waals surface area contributed by atoms with Crippen molar-refractivity contribution in [3.05, 3.63) is 0 Å². The maximum Gasteiger partial charge on any atom is 0.320 e. The third-order valence-electron chi connectivity index (χ3n) is 10.5. The van der Waals surface area contributed by atoms with Gasteiger partial charge in [0.15, 0.2) is 5.78 Å². The Morgan fingerprint density at radius 2 is 0.969 bits per heavy atom. The number of likely N-dealkylation sites (N-methyl/N-ethyl adjacent to an activating group) is 1. The number of carbonyl (C=O) groups is 7. The highest BCUT2D eigenvalue weighted by atomic mass is 16.5. The van der Waals surface area contributed by atoms with E-state index in [9.17, 15) is 33.6 Å². The molecule has 0 aromatic carbocycles. The topological polar surface area (TPSA) is 253 Å². The Bertz CT molecular complexity index is 1220. The summed E-state index contributed by atoms with van der Waals surface area (Å²) >= 11 is 0. The molecule has 6 N–H and O–H groups in total. The summed E-state index contributed by atoms with van der Waals surface area (Å²) in [6, 6.07) is -0.565. The highest BCUT2D eigenvalue weighted by Crippen LogP contribution is 2.17. The van der Waals surface area contributed by atoms with E-state index in [-0.39, 0.29) is 49.6 Å². The Morgan fingerprint density at radius 3 is 1.46 bits per heavy atom. The number of Topliss-reactive ketones (excluding diaryl/α,β-unsaturated/α-hetero) is 2. The van der Waals surface area contributed by atoms with E-state index in [1.807, 2.05) is 6.92 Å². The molecule has 0 aromatic heterocycles. The first-order valence-electron chi connectivity index (χ1n) is 24.5. The predicted octanol–water partition coefficient (Wildman–Crippen LogP) is 7.05. The van der Waals surface area contributed by atoms with Gasteiger partial charge in [-0.1, -0.05) is 103 Å². The van der Waals surface area contributed by atoms with Crippen LogP contribution in [0.3, 0.4) is 0 Å². The van der Waals surface area contributed by atoms with Gasteiger partial charge < -0.3 is 50.2 Å². The van der Waals surface area contributed by atoms with E-state index in [1.54, 1.807) is 7.05 Å². The number of carboxylic acid groups (broad SMARTS) is 3. The largest absolute Gasteiger partial charge is 0.481 e. The number of unbranched alkanes of at least 4 members (excludes halogenated alkanes) is 16. The highest BCUT2D eigenvalue weighted by molar-refractivity contribution is 5.83. The number of rotatable bonds is 48. The van der Waals surface area contributed by atoms with Gasteiger partial charge in [-0.05, 0) is 52.0 Å². The molecule has 0 saturated heterocycles. The van der Waals surface area contributed by atoms with Gasteiger partial charge >= 0.3 is 17.9 Å². The van der Waals surface area contributed by atoms with E-state index >= 15 is 0 Å². The number of hydrogen-bond acceptors (Lipinski definition) is 12. The SMILES string of the molecule is CCC[C@H](CC(=O)CCCCCCCCCCCCCCCCCCC(=O)O)C(=O)O.CN[C@@H](CCCCNC(=O)COCCOCCCC(=O)COCCOCCNC(C)=O)C(=O)O. The van der Waals surface area contributed by atoms with Gasteiger partial charge in [-0.2, -0.15) is 0 Å². The van der Waals surface area contributed by atoms with Gasteiger partial charge in [0.05, 0.1) is 39.0 Å². The minimum Gasteiger partial charge on any atom is -0.481 e. The molecule has 0 heterocycles. The highest BCUT2D eigenvalue weighted by Gasteiger charge is 2.20. The first-order valence-corrected chi connectivity index (χ1v) is 24.5. The van der Waals surface area contributed by atoms with Crippen molar-refractivity contribution in [2.24, 2.45) is 5.92 Å². The summed E-state index contributed by atoms with van der Waals surface area (Å²) < 4.78 is 21.1. The standard InChI is InChI=1S/C26H48O5.C22H41N3O9/c1-2-19-23(26(30)31)22-24(27)20-17-15-13-11-9-7-5-3-4-6-8-10-12-14-16-18-21-25(28)29;1-18(26)24-9-11-32-13-14-33-16-19(27)6-5-10-31-12-15-34-17-21(28)25-8-4-3-7-20(23-2)22(29)30/h23H,2-22H2,1H3,(H,28,29)(H,30,31);20,23H,3-17H2,1-2H3,(H,24,26)(H,25,28)(H,29,30)/t23-;20-/m10/s1. The lowest BCUT2D eigenvalue weighted by atomic mass is 9.95. The third kappa shape index (κ3) is 49.8. The van der Waals surface area contributed by atoms with Gasteiger partial charge in [0.2, 0.25) is 11.8 Å². The number of hydrogen-bond donors (Lipinski definition) is 6. The number of aliphatic carboxylic acids is 3. The van der Waals surface area contributed by atoms with Crippen molar-refractivity contribution in [3.63, 3.8) is 0 Å². The van der Waals surface area contributed by atoms with Crippen LogP contribution in [0.5, 0.6) is 0 Å². The smallest absolute Gasteiger partial charge is 0.320 e. The third-order valence-corrected chi connectivity index (χ3v) is 10.5. The number of ketones is 2. The van der Waals surface area contributed by atoms with Gasteiger partial charge in [-0.15, -0.1) is 0 Å². The van der Waals surface area contributed by atoms with Crippen LogP contribution in [0.4, 0.5) is 0 Å². The minimum atomic E-state index is -0.878. The summed E-state index contributed by atoms with van der Waals surface area (Å²) in [5, 5.41) is 34.7. The first kappa shape index (κ1) is 63.6. The van der Waals surface area contributed by atoms with Crippen molar-refractivity contribution in [2.75, 3.05) is 73.0 Å². The van der Waals surface area contributed by atoms with Crippen LogP contribution in [-0.2, 0) is 52.5 Å². The van der Waals surface area contributed by atoms with Crippen LogP contribution in [-0.4, -0.2) is 136 Å². The molecule has 0 aliphatic carbocycles. The molecule has 0 aromatic rings. The fourth-order valence-electron chi connectivity index (χ4n) is 6.79. The van der Waals surface area contributed by atoms with Crippen LogP contribution in [0, 0.1) is 5.92 Å². The normalized spacial score (nSPS) is 11.9. The van der Waals surface area contributed by atoms with E-state index in [1.165, 1.54) is 84.0 Å². The van der Waals surface area contributed by atoms with Gasteiger partial charge in [0.1, 0.15) is 25.0 Å². The van der Waals surface area contributed by atoms with Gasteiger partial charge in [-0.3, -0.25) is 33.6 Å². The monoisotopic (exact) mass is 932 g/mol. The van der Waals surface area contributed by atoms with E-state index in [0.29, 0.717) is 97.5 Å². The van der Waals surface area contributed by atoms with Crippen molar-refractivity contribution in [1.82, 2.24) is 16.0 Å². The zero-order chi connectivity index (χ0) is 48.6. The molecule has 0 aliphatic rings. The second-order valence-corrected chi connectivity index (χ2v) is 16.6. The van der Waals surface area contributed by atoms with E-state index in [0.717, 1.165) is 32.1 Å². The number of ether oxygens (including phenoxy) is 4. The van der Waals surface area contributed by atoms with Crippen molar-refractivity contribution in [1.29, 1.82) is 0 Å². The molecular formula is C48H89N3O14. The van der Waals surface area contributed by atoms with Gasteiger partial charge in [0, 0.05) is 52.3 Å². The van der Waals surface area contributed by atoms with E-state index in [4.69, 9.17) is 34.3 Å². The Kier molecular flexibility index (Phi) is 47.4. The molecule has 0 radical (unpaired) electrons. The molecule has 0 bridgehead atoms. The molecule has 2 atom stereocenters. The van der Waals surface area contributed by atoms with Crippen molar-refractivity contribution in [3.8, 4) is 0 Å². The lowest BCUT2D eigenvalue weighted by Gasteiger charge is -2.11. The average Bonchev–Trinajstić information content (AvgIpc) is 3.25. The minimum absolute atomic E-state index is 0.0146. The molecule has 0 unspecified atom stereocenters. The van der Waals surface area contributed by atoms with Gasteiger partial charge in [0.25, 0.3) is 0 Å². The molecule has 0 fully saturated rings. The van der Waals surface area contributed by atoms with Crippen LogP contribution >= 0.6 is 0 Å².